The Morgan fingerprint density at radius 1 is 0.900 bits per heavy atom. The van der Waals surface area contributed by atoms with Gasteiger partial charge in [0.25, 0.3) is 0 Å². The zero-order valence-corrected chi connectivity index (χ0v) is 14.5. The average molecular weight is 280 g/mol. The molecule has 0 aromatic carbocycles. The Kier molecular flexibility index (Phi) is 5.56. The maximum absolute atomic E-state index is 3.92. The molecule has 1 heteroatoms. The van der Waals surface area contributed by atoms with Crippen molar-refractivity contribution in [3.8, 4) is 0 Å². The Bertz CT molecular complexity index is 283. The topological polar surface area (TPSA) is 12.0 Å². The van der Waals surface area contributed by atoms with Crippen molar-refractivity contribution in [2.45, 2.75) is 85.6 Å². The molecule has 20 heavy (non-hydrogen) atoms. The van der Waals surface area contributed by atoms with Gasteiger partial charge in [0.1, 0.15) is 0 Å². The summed E-state index contributed by atoms with van der Waals surface area (Å²) < 4.78 is 0. The molecular formula is C19H37N. The monoisotopic (exact) mass is 279 g/mol. The highest BCUT2D eigenvalue weighted by atomic mass is 14.9. The maximum atomic E-state index is 3.92. The molecule has 0 aliphatic heterocycles. The summed E-state index contributed by atoms with van der Waals surface area (Å²) in [5.41, 5.74) is 0.520. The van der Waals surface area contributed by atoms with E-state index < -0.39 is 0 Å². The fourth-order valence-corrected chi connectivity index (χ4v) is 4.52. The second-order valence-corrected chi connectivity index (χ2v) is 8.99. The molecule has 2 aliphatic rings. The summed E-state index contributed by atoms with van der Waals surface area (Å²) in [6.45, 7) is 13.4. The Balaban J connectivity index is 1.69. The van der Waals surface area contributed by atoms with Crippen LogP contribution in [0.4, 0.5) is 0 Å². The molecule has 0 spiro atoms. The summed E-state index contributed by atoms with van der Waals surface area (Å²) in [6.07, 6.45) is 10.1. The number of nitrogens with one attached hydrogen (secondary N) is 1. The predicted octanol–water partition coefficient (Wildman–Crippen LogP) is 5.25. The molecule has 118 valence electrons. The summed E-state index contributed by atoms with van der Waals surface area (Å²) in [4.78, 5) is 0. The Labute approximate surface area is 127 Å². The van der Waals surface area contributed by atoms with Crippen LogP contribution in [0.3, 0.4) is 0 Å². The van der Waals surface area contributed by atoms with Crippen LogP contribution in [0.2, 0.25) is 0 Å². The molecule has 0 saturated heterocycles. The van der Waals surface area contributed by atoms with E-state index in [1.807, 2.05) is 0 Å². The molecule has 2 aliphatic carbocycles. The summed E-state index contributed by atoms with van der Waals surface area (Å²) in [7, 11) is 0. The quantitative estimate of drug-likeness (QED) is 0.743. The summed E-state index contributed by atoms with van der Waals surface area (Å²) >= 11 is 0. The first-order valence-corrected chi connectivity index (χ1v) is 9.09. The van der Waals surface area contributed by atoms with Crippen molar-refractivity contribution in [2.75, 3.05) is 6.54 Å². The van der Waals surface area contributed by atoms with E-state index in [9.17, 15) is 0 Å². The number of hydrogen-bond acceptors (Lipinski definition) is 1. The third-order valence-electron chi connectivity index (χ3n) is 6.17. The zero-order chi connectivity index (χ0) is 14.8. The van der Waals surface area contributed by atoms with Gasteiger partial charge in [0.05, 0.1) is 0 Å². The van der Waals surface area contributed by atoms with Gasteiger partial charge in [-0.2, -0.15) is 0 Å². The van der Waals surface area contributed by atoms with E-state index >= 15 is 0 Å². The van der Waals surface area contributed by atoms with Crippen molar-refractivity contribution in [3.63, 3.8) is 0 Å². The molecule has 3 atom stereocenters. The summed E-state index contributed by atoms with van der Waals surface area (Å²) in [5.74, 6) is 3.73. The lowest BCUT2D eigenvalue weighted by Gasteiger charge is -2.38. The molecule has 2 saturated carbocycles. The third-order valence-corrected chi connectivity index (χ3v) is 6.17. The van der Waals surface area contributed by atoms with Gasteiger partial charge in [-0.3, -0.25) is 0 Å². The van der Waals surface area contributed by atoms with Crippen LogP contribution in [0.1, 0.15) is 79.6 Å². The van der Waals surface area contributed by atoms with Crippen LogP contribution in [-0.2, 0) is 0 Å². The molecular weight excluding hydrogens is 242 g/mol. The van der Waals surface area contributed by atoms with Crippen LogP contribution in [-0.4, -0.2) is 12.6 Å². The second-order valence-electron chi connectivity index (χ2n) is 8.99. The SMILES string of the molecule is CC1CCC(NCC2CCC(C(C)(C)C)CC2)C(C)C1. The molecule has 0 heterocycles. The maximum Gasteiger partial charge on any atom is 0.00930 e. The molecule has 0 aromatic heterocycles. The van der Waals surface area contributed by atoms with Gasteiger partial charge in [-0.05, 0) is 80.6 Å². The highest BCUT2D eigenvalue weighted by molar-refractivity contribution is 4.84. The molecule has 0 aromatic rings. The minimum Gasteiger partial charge on any atom is -0.313 e. The predicted molar refractivity (Wildman–Crippen MR) is 88.9 cm³/mol. The van der Waals surface area contributed by atoms with Crippen molar-refractivity contribution in [3.05, 3.63) is 0 Å². The van der Waals surface area contributed by atoms with E-state index in [4.69, 9.17) is 0 Å². The summed E-state index contributed by atoms with van der Waals surface area (Å²) in [5, 5.41) is 3.92. The highest BCUT2D eigenvalue weighted by Crippen LogP contribution is 2.39. The smallest absolute Gasteiger partial charge is 0.00930 e. The van der Waals surface area contributed by atoms with Crippen LogP contribution < -0.4 is 5.32 Å². The molecule has 0 amide bonds. The van der Waals surface area contributed by atoms with Crippen LogP contribution in [0.5, 0.6) is 0 Å². The molecule has 1 nitrogen and oxygen atoms in total. The van der Waals surface area contributed by atoms with Crippen LogP contribution in [0, 0.1) is 29.1 Å². The average Bonchev–Trinajstić information content (AvgIpc) is 2.37. The van der Waals surface area contributed by atoms with Gasteiger partial charge in [-0.1, -0.05) is 34.6 Å². The Morgan fingerprint density at radius 2 is 1.55 bits per heavy atom. The van der Waals surface area contributed by atoms with E-state index in [2.05, 4.69) is 39.9 Å². The molecule has 0 bridgehead atoms. The lowest BCUT2D eigenvalue weighted by atomic mass is 9.70. The molecule has 1 N–H and O–H groups in total. The zero-order valence-electron chi connectivity index (χ0n) is 14.5. The normalized spacial score (nSPS) is 39.8. The lowest BCUT2D eigenvalue weighted by molar-refractivity contribution is 0.142. The van der Waals surface area contributed by atoms with Gasteiger partial charge < -0.3 is 5.32 Å². The minimum absolute atomic E-state index is 0.520. The molecule has 0 radical (unpaired) electrons. The van der Waals surface area contributed by atoms with E-state index in [1.54, 1.807) is 0 Å². The minimum atomic E-state index is 0.520. The van der Waals surface area contributed by atoms with E-state index in [1.165, 1.54) is 51.5 Å². The first-order valence-electron chi connectivity index (χ1n) is 9.09. The third kappa shape index (κ3) is 4.48. The second kappa shape index (κ2) is 6.81. The van der Waals surface area contributed by atoms with Crippen molar-refractivity contribution in [1.29, 1.82) is 0 Å². The number of rotatable bonds is 3. The van der Waals surface area contributed by atoms with Crippen molar-refractivity contribution in [2.24, 2.45) is 29.1 Å². The summed E-state index contributed by atoms with van der Waals surface area (Å²) in [6, 6.07) is 0.798. The first-order chi connectivity index (χ1) is 9.36. The first kappa shape index (κ1) is 16.3. The van der Waals surface area contributed by atoms with Gasteiger partial charge in [-0.25, -0.2) is 0 Å². The molecule has 2 rings (SSSR count). The fourth-order valence-electron chi connectivity index (χ4n) is 4.52. The van der Waals surface area contributed by atoms with Crippen LogP contribution in [0.25, 0.3) is 0 Å². The van der Waals surface area contributed by atoms with Crippen molar-refractivity contribution in [1.82, 2.24) is 5.32 Å². The van der Waals surface area contributed by atoms with E-state index in [0.717, 1.165) is 29.7 Å². The number of hydrogen-bond donors (Lipinski definition) is 1. The van der Waals surface area contributed by atoms with Gasteiger partial charge in [0, 0.05) is 6.04 Å². The standard InChI is InChI=1S/C19H37N/c1-14-6-11-18(15(2)12-14)20-13-16-7-9-17(10-8-16)19(3,4)5/h14-18,20H,6-13H2,1-5H3. The fraction of sp³-hybridized carbons (Fsp3) is 1.00. The van der Waals surface area contributed by atoms with Gasteiger partial charge >= 0.3 is 0 Å². The van der Waals surface area contributed by atoms with Crippen molar-refractivity contribution < 1.29 is 0 Å². The van der Waals surface area contributed by atoms with Gasteiger partial charge in [-0.15, -0.1) is 0 Å². The van der Waals surface area contributed by atoms with Crippen molar-refractivity contribution >= 4 is 0 Å². The van der Waals surface area contributed by atoms with Gasteiger partial charge in [0.15, 0.2) is 0 Å². The van der Waals surface area contributed by atoms with Crippen LogP contribution in [0.15, 0.2) is 0 Å². The Hall–Kier alpha value is -0.0400. The molecule has 2 fully saturated rings. The largest absolute Gasteiger partial charge is 0.313 e. The Morgan fingerprint density at radius 3 is 2.10 bits per heavy atom. The van der Waals surface area contributed by atoms with Gasteiger partial charge in [0.2, 0.25) is 0 Å². The van der Waals surface area contributed by atoms with Crippen LogP contribution >= 0.6 is 0 Å². The highest BCUT2D eigenvalue weighted by Gasteiger charge is 2.30. The van der Waals surface area contributed by atoms with E-state index in [-0.39, 0.29) is 0 Å². The van der Waals surface area contributed by atoms with E-state index in [0.29, 0.717) is 5.41 Å². The lowest BCUT2D eigenvalue weighted by Crippen LogP contribution is -2.42. The molecule has 3 unspecified atom stereocenters.